The molecule has 1 unspecified atom stereocenters. The Balaban J connectivity index is 2.24. The van der Waals surface area contributed by atoms with Crippen LogP contribution in [0.4, 0.5) is 0 Å². The van der Waals surface area contributed by atoms with Crippen LogP contribution in [-0.4, -0.2) is 18.4 Å². The Labute approximate surface area is 115 Å². The van der Waals surface area contributed by atoms with Gasteiger partial charge in [0.15, 0.2) is 5.78 Å². The van der Waals surface area contributed by atoms with Gasteiger partial charge in [-0.3, -0.25) is 9.59 Å². The number of carbonyl (C=O) groups is 2. The number of ketones is 1. The molecule has 0 heterocycles. The molecule has 1 aromatic carbocycles. The van der Waals surface area contributed by atoms with Crippen LogP contribution in [0.2, 0.25) is 0 Å². The molecular weight excluding hydrogens is 296 g/mol. The standard InChI is InChI=1S/C14H15BrO3/c1-3-18-12(16)8-14(2)7-9-6-10(15)4-5-11(9)13(14)17/h4-6H,3,7-8H2,1-2H3. The quantitative estimate of drug-likeness (QED) is 0.806. The van der Waals surface area contributed by atoms with Crippen LogP contribution in [0.15, 0.2) is 22.7 Å². The summed E-state index contributed by atoms with van der Waals surface area (Å²) in [5, 5.41) is 0. The van der Waals surface area contributed by atoms with Crippen molar-refractivity contribution in [3.63, 3.8) is 0 Å². The first-order chi connectivity index (χ1) is 8.46. The molecule has 0 saturated heterocycles. The van der Waals surface area contributed by atoms with Gasteiger partial charge < -0.3 is 4.74 Å². The maximum atomic E-state index is 12.3. The summed E-state index contributed by atoms with van der Waals surface area (Å²) in [7, 11) is 0. The first-order valence-corrected chi connectivity index (χ1v) is 6.74. The Hall–Kier alpha value is -1.16. The van der Waals surface area contributed by atoms with Gasteiger partial charge in [-0.05, 0) is 37.1 Å². The van der Waals surface area contributed by atoms with Gasteiger partial charge in [-0.1, -0.05) is 22.9 Å². The molecule has 0 bridgehead atoms. The van der Waals surface area contributed by atoms with E-state index in [9.17, 15) is 9.59 Å². The van der Waals surface area contributed by atoms with Crippen molar-refractivity contribution in [2.24, 2.45) is 5.41 Å². The molecule has 0 spiro atoms. The van der Waals surface area contributed by atoms with Crippen molar-refractivity contribution in [3.05, 3.63) is 33.8 Å². The van der Waals surface area contributed by atoms with Crippen molar-refractivity contribution in [2.45, 2.75) is 26.7 Å². The molecule has 0 aromatic heterocycles. The molecule has 0 amide bonds. The lowest BCUT2D eigenvalue weighted by atomic mass is 9.83. The molecule has 4 heteroatoms. The molecule has 1 atom stereocenters. The highest BCUT2D eigenvalue weighted by molar-refractivity contribution is 9.10. The van der Waals surface area contributed by atoms with Gasteiger partial charge in [-0.15, -0.1) is 0 Å². The highest BCUT2D eigenvalue weighted by atomic mass is 79.9. The van der Waals surface area contributed by atoms with Crippen molar-refractivity contribution >= 4 is 27.7 Å². The minimum atomic E-state index is -0.657. The number of hydrogen-bond acceptors (Lipinski definition) is 3. The van der Waals surface area contributed by atoms with Crippen LogP contribution >= 0.6 is 15.9 Å². The number of esters is 1. The molecule has 1 aliphatic rings. The molecular formula is C14H15BrO3. The van der Waals surface area contributed by atoms with Gasteiger partial charge in [-0.25, -0.2) is 0 Å². The lowest BCUT2D eigenvalue weighted by Gasteiger charge is -2.20. The fourth-order valence-electron chi connectivity index (χ4n) is 2.43. The molecule has 2 rings (SSSR count). The fourth-order valence-corrected chi connectivity index (χ4v) is 2.84. The highest BCUT2D eigenvalue weighted by Crippen LogP contribution is 2.40. The summed E-state index contributed by atoms with van der Waals surface area (Å²) in [4.78, 5) is 23.9. The van der Waals surface area contributed by atoms with Gasteiger partial charge in [0.1, 0.15) is 0 Å². The number of ether oxygens (including phenoxy) is 1. The summed E-state index contributed by atoms with van der Waals surface area (Å²) in [5.41, 5.74) is 1.07. The number of rotatable bonds is 3. The van der Waals surface area contributed by atoms with E-state index in [1.807, 2.05) is 25.1 Å². The molecule has 0 fully saturated rings. The second kappa shape index (κ2) is 4.84. The van der Waals surface area contributed by atoms with Crippen LogP contribution < -0.4 is 0 Å². The van der Waals surface area contributed by atoms with E-state index in [1.54, 1.807) is 6.92 Å². The molecule has 0 saturated carbocycles. The Morgan fingerprint density at radius 2 is 2.22 bits per heavy atom. The summed E-state index contributed by atoms with van der Waals surface area (Å²) in [6, 6.07) is 5.62. The summed E-state index contributed by atoms with van der Waals surface area (Å²) < 4.78 is 5.89. The van der Waals surface area contributed by atoms with E-state index < -0.39 is 5.41 Å². The van der Waals surface area contributed by atoms with Crippen molar-refractivity contribution in [1.29, 1.82) is 0 Å². The average molecular weight is 311 g/mol. The predicted octanol–water partition coefficient (Wildman–Crippen LogP) is 3.15. The van der Waals surface area contributed by atoms with Gasteiger partial charge in [0.25, 0.3) is 0 Å². The van der Waals surface area contributed by atoms with Crippen molar-refractivity contribution in [2.75, 3.05) is 6.61 Å². The van der Waals surface area contributed by atoms with E-state index in [1.165, 1.54) is 0 Å². The van der Waals surface area contributed by atoms with Gasteiger partial charge in [-0.2, -0.15) is 0 Å². The third-order valence-electron chi connectivity index (χ3n) is 3.28. The van der Waals surface area contributed by atoms with Crippen LogP contribution in [0.1, 0.15) is 36.2 Å². The molecule has 3 nitrogen and oxygen atoms in total. The monoisotopic (exact) mass is 310 g/mol. The van der Waals surface area contributed by atoms with Gasteiger partial charge in [0.2, 0.25) is 0 Å². The van der Waals surface area contributed by atoms with Gasteiger partial charge >= 0.3 is 5.97 Å². The summed E-state index contributed by atoms with van der Waals surface area (Å²) in [6.07, 6.45) is 0.741. The third kappa shape index (κ3) is 2.34. The predicted molar refractivity (Wildman–Crippen MR) is 71.5 cm³/mol. The first kappa shape index (κ1) is 13.3. The number of halogens is 1. The Morgan fingerprint density at radius 3 is 2.89 bits per heavy atom. The highest BCUT2D eigenvalue weighted by Gasteiger charge is 2.43. The minimum Gasteiger partial charge on any atom is -0.466 e. The molecule has 18 heavy (non-hydrogen) atoms. The van der Waals surface area contributed by atoms with E-state index in [0.29, 0.717) is 13.0 Å². The van der Waals surface area contributed by atoms with E-state index >= 15 is 0 Å². The lowest BCUT2D eigenvalue weighted by Crippen LogP contribution is -2.28. The van der Waals surface area contributed by atoms with Crippen LogP contribution in [0.3, 0.4) is 0 Å². The fraction of sp³-hybridized carbons (Fsp3) is 0.429. The summed E-state index contributed by atoms with van der Waals surface area (Å²) in [5.74, 6) is -0.265. The lowest BCUT2D eigenvalue weighted by molar-refractivity contribution is -0.145. The zero-order valence-electron chi connectivity index (χ0n) is 10.5. The van der Waals surface area contributed by atoms with E-state index in [2.05, 4.69) is 15.9 Å². The Kier molecular flexibility index (Phi) is 3.57. The maximum absolute atomic E-state index is 12.3. The van der Waals surface area contributed by atoms with Gasteiger partial charge in [0.05, 0.1) is 13.0 Å². The van der Waals surface area contributed by atoms with Crippen LogP contribution in [0.25, 0.3) is 0 Å². The Morgan fingerprint density at radius 1 is 1.50 bits per heavy atom. The molecule has 0 aliphatic heterocycles. The molecule has 1 aromatic rings. The van der Waals surface area contributed by atoms with Crippen molar-refractivity contribution in [3.8, 4) is 0 Å². The zero-order chi connectivity index (χ0) is 13.3. The van der Waals surface area contributed by atoms with Crippen LogP contribution in [0.5, 0.6) is 0 Å². The number of carbonyl (C=O) groups excluding carboxylic acids is 2. The normalized spacial score (nSPS) is 21.8. The molecule has 96 valence electrons. The number of hydrogen-bond donors (Lipinski definition) is 0. The largest absolute Gasteiger partial charge is 0.466 e. The maximum Gasteiger partial charge on any atom is 0.306 e. The SMILES string of the molecule is CCOC(=O)CC1(C)Cc2cc(Br)ccc2C1=O. The van der Waals surface area contributed by atoms with E-state index in [0.717, 1.165) is 15.6 Å². The van der Waals surface area contributed by atoms with Crippen LogP contribution in [0, 0.1) is 5.41 Å². The average Bonchev–Trinajstić information content (AvgIpc) is 2.50. The second-order valence-electron chi connectivity index (χ2n) is 4.85. The second-order valence-corrected chi connectivity index (χ2v) is 5.77. The summed E-state index contributed by atoms with van der Waals surface area (Å²) >= 11 is 3.40. The topological polar surface area (TPSA) is 43.4 Å². The van der Waals surface area contributed by atoms with E-state index in [4.69, 9.17) is 4.74 Å². The molecule has 0 N–H and O–H groups in total. The van der Waals surface area contributed by atoms with Gasteiger partial charge in [0, 0.05) is 15.5 Å². The van der Waals surface area contributed by atoms with Crippen molar-refractivity contribution < 1.29 is 14.3 Å². The van der Waals surface area contributed by atoms with Crippen LogP contribution in [-0.2, 0) is 16.0 Å². The first-order valence-electron chi connectivity index (χ1n) is 5.95. The summed E-state index contributed by atoms with van der Waals surface area (Å²) in [6.45, 7) is 3.95. The zero-order valence-corrected chi connectivity index (χ0v) is 12.0. The molecule has 0 radical (unpaired) electrons. The number of fused-ring (bicyclic) bond motifs is 1. The smallest absolute Gasteiger partial charge is 0.306 e. The Bertz CT molecular complexity index is 510. The molecule has 1 aliphatic carbocycles. The van der Waals surface area contributed by atoms with E-state index in [-0.39, 0.29) is 18.2 Å². The third-order valence-corrected chi connectivity index (χ3v) is 3.77. The number of benzene rings is 1. The van der Waals surface area contributed by atoms with Crippen molar-refractivity contribution in [1.82, 2.24) is 0 Å². The minimum absolute atomic E-state index is 0.0399. The number of Topliss-reactive ketones (excluding diaryl/α,β-unsaturated/α-hetero) is 1.